The van der Waals surface area contributed by atoms with Gasteiger partial charge in [0.1, 0.15) is 51.6 Å². The number of likely N-dealkylation sites (tertiary alicyclic amines) is 3. The minimum absolute atomic E-state index is 0.0514. The van der Waals surface area contributed by atoms with Gasteiger partial charge in [0.15, 0.2) is 23.3 Å². The smallest absolute Gasteiger partial charge is 0.254 e. The van der Waals surface area contributed by atoms with Crippen LogP contribution in [0.25, 0.3) is 90.4 Å². The predicted molar refractivity (Wildman–Crippen MR) is 506 cm³/mol. The first-order valence-electron chi connectivity index (χ1n) is 46.0. The Labute approximate surface area is 776 Å². The lowest BCUT2D eigenvalue weighted by molar-refractivity contribution is 0.0938. The van der Waals surface area contributed by atoms with Gasteiger partial charge in [-0.25, -0.2) is 56.2 Å². The zero-order chi connectivity index (χ0) is 93.5. The highest BCUT2D eigenvalue weighted by molar-refractivity contribution is 5.99. The molecule has 29 nitrogen and oxygen atoms in total. The highest BCUT2D eigenvalue weighted by atomic mass is 19.1. The molecule has 4 saturated carbocycles. The minimum Gasteiger partial charge on any atom is -0.496 e. The first-order chi connectivity index (χ1) is 65.2. The number of ether oxygens (including phenoxy) is 1. The minimum atomic E-state index is -0.518. The number of nitrogens with zero attached hydrogens (tertiary/aromatic N) is 20. The van der Waals surface area contributed by atoms with Gasteiger partial charge in [-0.2, -0.15) is 20.4 Å². The number of nitrogens with one attached hydrogen (secondary N) is 4. The number of aromatic nitrogens is 16. The standard InChI is InChI=1S/2C26H27FN6O.C25H27FN6O2.C25H25FN6O/c2*1-16-9-23(27)22(26(34)30-20-4-5-20)10-21(16)19-11-29-33(15-19)25-12-28-24-6-3-17(14-32(24)25)18-7-8-31(2)13-18;1-15-7-21(26)20(25(33)29-18-5-6-18)8-19(15)16-10-28-32(14-16)24-11-27-23-9-22(34-4)17(12-30(2)3)13-31(23)24;1-15-7-22(26)21(25(33)29-19-4-5-19)8-20(15)17-9-28-32(14-17)24-10-27-23-6-3-16(13-31(23)24)18-11-30(2)12-18/h2*3,6,9-12,14-15,18,20H,4-5,7-8,13H2,1-2H3,(H,30,34);7-11,13-14,18H,5-6,12H2,1-4H3,(H,29,33);3,6-10,13-14,18-19H,4-5,11-12H2,1-2H3,(H,29,33)/t2*18-;;/m10../s1. The van der Waals surface area contributed by atoms with Gasteiger partial charge < -0.3 is 45.6 Å². The molecule has 7 aliphatic rings. The van der Waals surface area contributed by atoms with Crippen LogP contribution in [0.4, 0.5) is 17.6 Å². The summed E-state index contributed by atoms with van der Waals surface area (Å²) < 4.78 is 79.0. The van der Waals surface area contributed by atoms with Gasteiger partial charge >= 0.3 is 0 Å². The second-order valence-corrected chi connectivity index (χ2v) is 37.6. The molecule has 4 N–H and O–H groups in total. The molecule has 3 aliphatic heterocycles. The zero-order valence-corrected chi connectivity index (χ0v) is 77.0. The number of carbonyl (C=O) groups excluding carboxylic acids is 4. The Balaban J connectivity index is 0.000000112. The van der Waals surface area contributed by atoms with Crippen LogP contribution in [0.1, 0.15) is 168 Å². The number of benzene rings is 4. The molecule has 15 heterocycles. The molecule has 2 atom stereocenters. The number of fused-ring (bicyclic) bond motifs is 4. The Morgan fingerprint density at radius 1 is 0.363 bits per heavy atom. The molecule has 12 aromatic heterocycles. The monoisotopic (exact) mass is 1820 g/mol. The summed E-state index contributed by atoms with van der Waals surface area (Å²) in [5.74, 6) is 2.11. The van der Waals surface area contributed by atoms with Gasteiger partial charge in [0.25, 0.3) is 23.6 Å². The maximum Gasteiger partial charge on any atom is 0.254 e. The molecule has 16 aromatic rings. The number of imidazole rings is 4. The summed E-state index contributed by atoms with van der Waals surface area (Å²) >= 11 is 0. The maximum atomic E-state index is 14.6. The van der Waals surface area contributed by atoms with Crippen molar-refractivity contribution in [2.45, 2.75) is 140 Å². The molecule has 4 aromatic carbocycles. The van der Waals surface area contributed by atoms with Gasteiger partial charge in [0.05, 0.1) is 78.9 Å². The number of aryl methyl sites for hydroxylation is 4. The average Bonchev–Trinajstić information content (AvgIpc) is 1.64. The number of hydrogen-bond acceptors (Lipinski definition) is 17. The molecule has 0 radical (unpaired) electrons. The first-order valence-corrected chi connectivity index (χ1v) is 46.0. The summed E-state index contributed by atoms with van der Waals surface area (Å²) in [5, 5.41) is 29.7. The fourth-order valence-electron chi connectivity index (χ4n) is 18.3. The molecular weight excluding hydrogens is 1720 g/mol. The Hall–Kier alpha value is -14.3. The van der Waals surface area contributed by atoms with Crippen molar-refractivity contribution in [2.75, 3.05) is 81.6 Å². The van der Waals surface area contributed by atoms with Crippen LogP contribution in [0.15, 0.2) is 190 Å². The molecule has 33 heteroatoms. The van der Waals surface area contributed by atoms with E-state index in [1.165, 1.54) is 41.0 Å². The Morgan fingerprint density at radius 2 is 0.652 bits per heavy atom. The van der Waals surface area contributed by atoms with E-state index in [1.807, 2.05) is 102 Å². The van der Waals surface area contributed by atoms with E-state index in [0.29, 0.717) is 24.3 Å². The summed E-state index contributed by atoms with van der Waals surface area (Å²) in [4.78, 5) is 77.3. The van der Waals surface area contributed by atoms with Crippen LogP contribution in [0.2, 0.25) is 0 Å². The molecule has 0 spiro atoms. The predicted octanol–water partition coefficient (Wildman–Crippen LogP) is 15.0. The SMILES string of the molecule is COc1cc2ncc(-n3cc(-c4cc(C(=O)NC5CC5)c(F)cc4C)cn3)n2cc1CN(C)C.Cc1cc(F)c(C(=O)NC2CC2)cc1-c1cnn(-c2cnc3ccc(C4CN(C)C4)cn23)c1.Cc1cc(F)c(C(=O)NC2CC2)cc1-c1cnn(-c2cnc3ccc([C@@H]4CCN(C)C4)cn23)c1.Cc1cc(F)c(C(=O)NC2CC2)cc1-c1cnn(-c2cnc3ccc([C@H]4CCN(C)C4)cn23)c1. The third-order valence-electron chi connectivity index (χ3n) is 26.6. The number of amides is 4. The summed E-state index contributed by atoms with van der Waals surface area (Å²) in [6.45, 7) is 14.5. The second-order valence-electron chi connectivity index (χ2n) is 37.6. The summed E-state index contributed by atoms with van der Waals surface area (Å²) in [7, 11) is 12.1. The van der Waals surface area contributed by atoms with Gasteiger partial charge in [-0.15, -0.1) is 0 Å². The van der Waals surface area contributed by atoms with Gasteiger partial charge in [-0.3, -0.25) is 36.8 Å². The van der Waals surface area contributed by atoms with Gasteiger partial charge in [-0.1, -0.05) is 18.2 Å². The van der Waals surface area contributed by atoms with Crippen molar-refractivity contribution in [2.24, 2.45) is 0 Å². The fourth-order valence-corrected chi connectivity index (χ4v) is 18.3. The van der Waals surface area contributed by atoms with E-state index in [4.69, 9.17) is 4.74 Å². The second kappa shape index (κ2) is 36.6. The molecule has 135 heavy (non-hydrogen) atoms. The van der Waals surface area contributed by atoms with E-state index in [2.05, 4.69) is 164 Å². The lowest BCUT2D eigenvalue weighted by Gasteiger charge is -2.36. The lowest BCUT2D eigenvalue weighted by atomic mass is 9.93. The summed E-state index contributed by atoms with van der Waals surface area (Å²) in [6, 6.07) is 27.4. The van der Waals surface area contributed by atoms with Crippen molar-refractivity contribution >= 4 is 46.2 Å². The lowest BCUT2D eigenvalue weighted by Crippen LogP contribution is -2.41. The number of pyridine rings is 4. The van der Waals surface area contributed by atoms with Crippen LogP contribution in [-0.4, -0.2) is 226 Å². The van der Waals surface area contributed by atoms with Crippen molar-refractivity contribution in [3.05, 3.63) is 280 Å². The molecule has 0 bridgehead atoms. The number of carbonyl (C=O) groups is 4. The van der Waals surface area contributed by atoms with Crippen LogP contribution in [0.3, 0.4) is 0 Å². The van der Waals surface area contributed by atoms with E-state index in [-0.39, 0.29) is 70.0 Å². The third kappa shape index (κ3) is 18.8. The molecule has 4 aliphatic carbocycles. The number of halogens is 4. The molecular formula is C102H106F4N24O5. The zero-order valence-electron chi connectivity index (χ0n) is 77.0. The molecule has 0 unspecified atom stereocenters. The normalized spacial score (nSPS) is 16.9. The van der Waals surface area contributed by atoms with Gasteiger partial charge in [0.2, 0.25) is 0 Å². The fraction of sp³-hybridized carbons (Fsp3) is 0.333. The van der Waals surface area contributed by atoms with E-state index < -0.39 is 23.3 Å². The highest BCUT2D eigenvalue weighted by Gasteiger charge is 2.33. The van der Waals surface area contributed by atoms with E-state index in [9.17, 15) is 36.7 Å². The van der Waals surface area contributed by atoms with Crippen molar-refractivity contribution < 1.29 is 41.5 Å². The molecule has 692 valence electrons. The number of methoxy groups -OCH3 is 1. The van der Waals surface area contributed by atoms with Crippen LogP contribution < -0.4 is 26.0 Å². The molecule has 7 fully saturated rings. The van der Waals surface area contributed by atoms with Crippen molar-refractivity contribution in [1.29, 1.82) is 0 Å². The number of rotatable bonds is 22. The Kier molecular flexibility index (Phi) is 24.0. The van der Waals surface area contributed by atoms with Crippen LogP contribution in [0.5, 0.6) is 5.75 Å². The van der Waals surface area contributed by atoms with Crippen molar-refractivity contribution in [3.8, 4) is 73.5 Å². The van der Waals surface area contributed by atoms with Crippen LogP contribution in [-0.2, 0) is 6.54 Å². The number of likely N-dealkylation sites (N-methyl/N-ethyl adjacent to an activating group) is 3. The van der Waals surface area contributed by atoms with Gasteiger partial charge in [0, 0.05) is 146 Å². The maximum absolute atomic E-state index is 14.6. The number of hydrogen-bond donors (Lipinski definition) is 4. The largest absolute Gasteiger partial charge is 0.496 e. The Morgan fingerprint density at radius 3 is 0.926 bits per heavy atom. The molecule has 3 saturated heterocycles. The third-order valence-corrected chi connectivity index (χ3v) is 26.6. The van der Waals surface area contributed by atoms with E-state index >= 15 is 0 Å². The van der Waals surface area contributed by atoms with E-state index in [0.717, 1.165) is 227 Å². The highest BCUT2D eigenvalue weighted by Crippen LogP contribution is 2.38. The van der Waals surface area contributed by atoms with Crippen molar-refractivity contribution in [1.82, 2.24) is 118 Å². The summed E-state index contributed by atoms with van der Waals surface area (Å²) in [6.07, 6.45) is 40.1. The molecule has 4 amide bonds. The van der Waals surface area contributed by atoms with Crippen molar-refractivity contribution in [3.63, 3.8) is 0 Å². The first kappa shape index (κ1) is 88.6. The topological polar surface area (TPSA) is 279 Å². The van der Waals surface area contributed by atoms with Gasteiger partial charge in [-0.05, 0) is 280 Å². The quantitative estimate of drug-likeness (QED) is 0.0459. The Bertz CT molecular complexity index is 7060. The van der Waals surface area contributed by atoms with Crippen LogP contribution in [0, 0.1) is 51.0 Å². The van der Waals surface area contributed by atoms with Crippen LogP contribution >= 0.6 is 0 Å². The van der Waals surface area contributed by atoms with E-state index in [1.54, 1.807) is 87.3 Å². The average molecular weight is 1820 g/mol. The summed E-state index contributed by atoms with van der Waals surface area (Å²) in [5.41, 5.74) is 17.8. The molecule has 23 rings (SSSR count).